The zero-order valence-electron chi connectivity index (χ0n) is 13.6. The molecule has 0 fully saturated rings. The van der Waals surface area contributed by atoms with E-state index in [1.165, 1.54) is 13.3 Å². The number of nitrogens with two attached hydrogens (primary N) is 1. The number of rotatable bonds is 8. The van der Waals surface area contributed by atoms with E-state index in [0.29, 0.717) is 35.3 Å². The maximum absolute atomic E-state index is 6.27. The molecule has 0 bridgehead atoms. The van der Waals surface area contributed by atoms with Crippen LogP contribution in [0, 0.1) is 0 Å². The third-order valence-electron chi connectivity index (χ3n) is 2.98. The van der Waals surface area contributed by atoms with Crippen LogP contribution in [0.5, 0.6) is 17.2 Å². The van der Waals surface area contributed by atoms with Crippen LogP contribution in [0.15, 0.2) is 47.6 Å². The van der Waals surface area contributed by atoms with Crippen LogP contribution in [0.1, 0.15) is 5.56 Å². The van der Waals surface area contributed by atoms with E-state index in [2.05, 4.69) is 22.7 Å². The minimum atomic E-state index is 0.0766. The Morgan fingerprint density at radius 1 is 1.24 bits per heavy atom. The van der Waals surface area contributed by atoms with Crippen molar-refractivity contribution >= 4 is 35.1 Å². The number of ether oxygens (including phenoxy) is 3. The molecule has 0 heterocycles. The summed E-state index contributed by atoms with van der Waals surface area (Å²) in [6.07, 6.45) is 1.52. The van der Waals surface area contributed by atoms with Gasteiger partial charge in [0.1, 0.15) is 19.0 Å². The van der Waals surface area contributed by atoms with Gasteiger partial charge >= 0.3 is 0 Å². The van der Waals surface area contributed by atoms with E-state index in [9.17, 15) is 0 Å². The monoisotopic (exact) mass is 379 g/mol. The van der Waals surface area contributed by atoms with Gasteiger partial charge in [-0.05, 0) is 42.0 Å². The molecular weight excluding hydrogens is 362 g/mol. The second-order valence-corrected chi connectivity index (χ2v) is 5.63. The van der Waals surface area contributed by atoms with Crippen molar-refractivity contribution in [3.05, 3.63) is 53.1 Å². The molecule has 0 aromatic heterocycles. The summed E-state index contributed by atoms with van der Waals surface area (Å²) in [4.78, 5) is 0. The second-order valence-electron chi connectivity index (χ2n) is 4.78. The second kappa shape index (κ2) is 9.71. The van der Waals surface area contributed by atoms with Crippen LogP contribution < -0.4 is 25.4 Å². The third-order valence-corrected chi connectivity index (χ3v) is 3.35. The maximum Gasteiger partial charge on any atom is 0.184 e. The van der Waals surface area contributed by atoms with E-state index in [1.54, 1.807) is 12.1 Å². The molecule has 2 rings (SSSR count). The number of thiocarbonyl (C=S) groups is 1. The molecule has 0 saturated carbocycles. The van der Waals surface area contributed by atoms with E-state index in [1.807, 2.05) is 30.3 Å². The van der Waals surface area contributed by atoms with Gasteiger partial charge in [-0.2, -0.15) is 5.10 Å². The van der Waals surface area contributed by atoms with Gasteiger partial charge in [0.15, 0.2) is 16.6 Å². The van der Waals surface area contributed by atoms with Crippen LogP contribution in [0.3, 0.4) is 0 Å². The van der Waals surface area contributed by atoms with Gasteiger partial charge in [-0.25, -0.2) is 0 Å². The van der Waals surface area contributed by atoms with Crippen LogP contribution in [-0.4, -0.2) is 31.7 Å². The number of halogens is 1. The van der Waals surface area contributed by atoms with E-state index >= 15 is 0 Å². The molecule has 0 spiro atoms. The predicted octanol–water partition coefficient (Wildman–Crippen LogP) is 2.97. The minimum Gasteiger partial charge on any atom is -0.493 e. The summed E-state index contributed by atoms with van der Waals surface area (Å²) in [6.45, 7) is 0.700. The number of nitrogens with zero attached hydrogens (tertiary/aromatic N) is 1. The molecule has 132 valence electrons. The van der Waals surface area contributed by atoms with Gasteiger partial charge in [-0.1, -0.05) is 29.8 Å². The summed E-state index contributed by atoms with van der Waals surface area (Å²) in [6, 6.07) is 12.9. The van der Waals surface area contributed by atoms with Crippen molar-refractivity contribution in [2.75, 3.05) is 20.3 Å². The molecule has 0 radical (unpaired) electrons. The highest BCUT2D eigenvalue weighted by Gasteiger charge is 2.11. The van der Waals surface area contributed by atoms with E-state index in [4.69, 9.17) is 31.5 Å². The SMILES string of the molecule is COc1cc(/C=N/NC(N)=S)cc(Cl)c1OCCOc1ccccc1. The number of methoxy groups -OCH3 is 1. The zero-order chi connectivity index (χ0) is 18.1. The summed E-state index contributed by atoms with van der Waals surface area (Å²) in [5.41, 5.74) is 8.48. The molecule has 3 N–H and O–H groups in total. The Bertz CT molecular complexity index is 741. The molecule has 2 aromatic carbocycles. The number of hydrogen-bond donors (Lipinski definition) is 2. The Balaban J connectivity index is 1.97. The van der Waals surface area contributed by atoms with Crippen molar-refractivity contribution in [1.29, 1.82) is 0 Å². The van der Waals surface area contributed by atoms with Gasteiger partial charge < -0.3 is 19.9 Å². The fraction of sp³-hybridized carbons (Fsp3) is 0.176. The lowest BCUT2D eigenvalue weighted by Gasteiger charge is -2.13. The summed E-state index contributed by atoms with van der Waals surface area (Å²) >= 11 is 10.9. The quantitative estimate of drug-likeness (QED) is 0.318. The van der Waals surface area contributed by atoms with Crippen LogP contribution in [0.2, 0.25) is 5.02 Å². The van der Waals surface area contributed by atoms with Crippen molar-refractivity contribution in [3.63, 3.8) is 0 Å². The van der Waals surface area contributed by atoms with Gasteiger partial charge in [0, 0.05) is 0 Å². The Morgan fingerprint density at radius 3 is 2.64 bits per heavy atom. The fourth-order valence-electron chi connectivity index (χ4n) is 1.94. The van der Waals surface area contributed by atoms with E-state index in [0.717, 1.165) is 5.75 Å². The highest BCUT2D eigenvalue weighted by Crippen LogP contribution is 2.36. The summed E-state index contributed by atoms with van der Waals surface area (Å²) in [7, 11) is 1.53. The average molecular weight is 380 g/mol. The van der Waals surface area contributed by atoms with Crippen LogP contribution in [0.25, 0.3) is 0 Å². The first kappa shape index (κ1) is 18.8. The Labute approximate surface area is 156 Å². The van der Waals surface area contributed by atoms with Crippen molar-refractivity contribution in [1.82, 2.24) is 5.43 Å². The third kappa shape index (κ3) is 6.13. The molecule has 0 unspecified atom stereocenters. The normalized spacial score (nSPS) is 10.5. The molecule has 6 nitrogen and oxygen atoms in total. The fourth-order valence-corrected chi connectivity index (χ4v) is 2.27. The van der Waals surface area contributed by atoms with Gasteiger partial charge in [0.25, 0.3) is 0 Å². The predicted molar refractivity (Wildman–Crippen MR) is 103 cm³/mol. The molecule has 8 heteroatoms. The van der Waals surface area contributed by atoms with Crippen molar-refractivity contribution in [3.8, 4) is 17.2 Å². The van der Waals surface area contributed by atoms with Crippen LogP contribution in [-0.2, 0) is 0 Å². The van der Waals surface area contributed by atoms with Crippen molar-refractivity contribution in [2.45, 2.75) is 0 Å². The molecule has 0 aliphatic carbocycles. The average Bonchev–Trinajstić information content (AvgIpc) is 2.60. The first-order valence-corrected chi connectivity index (χ1v) is 8.15. The van der Waals surface area contributed by atoms with Crippen molar-refractivity contribution in [2.24, 2.45) is 10.8 Å². The van der Waals surface area contributed by atoms with E-state index < -0.39 is 0 Å². The molecule has 2 aromatic rings. The zero-order valence-corrected chi connectivity index (χ0v) is 15.1. The standard InChI is InChI=1S/C17H18ClN3O3S/c1-22-15-10-12(11-20-21-17(19)25)9-14(18)16(15)24-8-7-23-13-5-3-2-4-6-13/h2-6,9-11H,7-8H2,1H3,(H3,19,21,25)/b20-11+. The molecule has 25 heavy (non-hydrogen) atoms. The van der Waals surface area contributed by atoms with E-state index in [-0.39, 0.29) is 5.11 Å². The molecule has 0 atom stereocenters. The lowest BCUT2D eigenvalue weighted by atomic mass is 10.2. The first-order valence-electron chi connectivity index (χ1n) is 7.37. The number of nitrogens with one attached hydrogen (secondary N) is 1. The smallest absolute Gasteiger partial charge is 0.184 e. The Hall–Kier alpha value is -2.51. The maximum atomic E-state index is 6.27. The Morgan fingerprint density at radius 2 is 1.96 bits per heavy atom. The minimum absolute atomic E-state index is 0.0766. The highest BCUT2D eigenvalue weighted by atomic mass is 35.5. The van der Waals surface area contributed by atoms with Gasteiger partial charge in [0.2, 0.25) is 0 Å². The number of hydrogen-bond acceptors (Lipinski definition) is 5. The number of hydrazone groups is 1. The van der Waals surface area contributed by atoms with Crippen molar-refractivity contribution < 1.29 is 14.2 Å². The topological polar surface area (TPSA) is 78.1 Å². The first-order chi connectivity index (χ1) is 12.1. The molecule has 0 aliphatic heterocycles. The van der Waals surface area contributed by atoms with Crippen LogP contribution >= 0.6 is 23.8 Å². The molecule has 0 aliphatic rings. The van der Waals surface area contributed by atoms with Gasteiger partial charge in [-0.15, -0.1) is 0 Å². The summed E-state index contributed by atoms with van der Waals surface area (Å²) in [5, 5.41) is 4.36. The van der Waals surface area contributed by atoms with Crippen LogP contribution in [0.4, 0.5) is 0 Å². The lowest BCUT2D eigenvalue weighted by molar-refractivity contribution is 0.211. The highest BCUT2D eigenvalue weighted by molar-refractivity contribution is 7.80. The van der Waals surface area contributed by atoms with Gasteiger partial charge in [-0.3, -0.25) is 5.43 Å². The number of para-hydroxylation sites is 1. The molecule has 0 saturated heterocycles. The molecule has 0 amide bonds. The van der Waals surface area contributed by atoms with Gasteiger partial charge in [0.05, 0.1) is 18.3 Å². The largest absolute Gasteiger partial charge is 0.493 e. The summed E-state index contributed by atoms with van der Waals surface area (Å²) < 4.78 is 16.6. The molecular formula is C17H18ClN3O3S. The lowest BCUT2D eigenvalue weighted by Crippen LogP contribution is -2.23. The Kier molecular flexibility index (Phi) is 7.31. The summed E-state index contributed by atoms with van der Waals surface area (Å²) in [5.74, 6) is 1.71. The number of benzene rings is 2.